The number of ether oxygens (including phenoxy) is 2. The van der Waals surface area contributed by atoms with Crippen LogP contribution in [0.25, 0.3) is 0 Å². The first-order valence-electron chi connectivity index (χ1n) is 7.76. The van der Waals surface area contributed by atoms with Crippen molar-refractivity contribution in [2.24, 2.45) is 0 Å². The second-order valence-electron chi connectivity index (χ2n) is 5.74. The lowest BCUT2D eigenvalue weighted by Gasteiger charge is -2.23. The molecule has 0 saturated carbocycles. The first-order chi connectivity index (χ1) is 10.9. The van der Waals surface area contributed by atoms with E-state index in [-0.39, 0.29) is 18.6 Å². The molecule has 2 amide bonds. The zero-order chi connectivity index (χ0) is 16.9. The first kappa shape index (κ1) is 17.8. The van der Waals surface area contributed by atoms with Crippen LogP contribution in [0.1, 0.15) is 32.1 Å². The maximum atomic E-state index is 12.1. The zero-order valence-corrected chi connectivity index (χ0v) is 12.7. The number of alkyl halides is 3. The normalized spacial score (nSPS) is 24.7. The molecule has 2 fully saturated rings. The average molecular weight is 338 g/mol. The van der Waals surface area contributed by atoms with Crippen LogP contribution in [0, 0.1) is 0 Å². The zero-order valence-electron chi connectivity index (χ0n) is 12.7. The number of halogens is 3. The largest absolute Gasteiger partial charge is 0.440 e. The number of carbonyl (C=O) groups excluding carboxylic acids is 2. The molecule has 2 saturated heterocycles. The number of nitrogens with zero attached hydrogens (tertiary/aromatic N) is 1. The second-order valence-corrected chi connectivity index (χ2v) is 5.74. The number of nitrogens with one attached hydrogen (secondary N) is 1. The van der Waals surface area contributed by atoms with Gasteiger partial charge in [0.05, 0.1) is 6.10 Å². The van der Waals surface area contributed by atoms with Crippen molar-refractivity contribution in [1.82, 2.24) is 10.2 Å². The Morgan fingerprint density at radius 1 is 1.26 bits per heavy atom. The van der Waals surface area contributed by atoms with E-state index in [9.17, 15) is 22.8 Å². The van der Waals surface area contributed by atoms with Gasteiger partial charge in [-0.25, -0.2) is 4.79 Å². The smallest absolute Gasteiger partial charge is 0.422 e. The molecule has 1 N–H and O–H groups in total. The van der Waals surface area contributed by atoms with Crippen molar-refractivity contribution in [3.8, 4) is 0 Å². The Hall–Kier alpha value is -1.51. The number of hydrogen-bond donors (Lipinski definition) is 1. The van der Waals surface area contributed by atoms with E-state index in [1.165, 1.54) is 0 Å². The molecule has 0 spiro atoms. The Morgan fingerprint density at radius 3 is 2.70 bits per heavy atom. The van der Waals surface area contributed by atoms with Crippen molar-refractivity contribution >= 4 is 12.0 Å². The minimum Gasteiger partial charge on any atom is -0.440 e. The van der Waals surface area contributed by atoms with Crippen molar-refractivity contribution in [1.29, 1.82) is 0 Å². The minimum atomic E-state index is -4.57. The highest BCUT2D eigenvalue weighted by Gasteiger charge is 2.37. The second kappa shape index (κ2) is 7.85. The van der Waals surface area contributed by atoms with Crippen molar-refractivity contribution in [3.63, 3.8) is 0 Å². The summed E-state index contributed by atoms with van der Waals surface area (Å²) in [6.45, 7) is -0.262. The Morgan fingerprint density at radius 2 is 2.04 bits per heavy atom. The number of rotatable bonds is 5. The van der Waals surface area contributed by atoms with Crippen LogP contribution in [0.5, 0.6) is 0 Å². The summed E-state index contributed by atoms with van der Waals surface area (Å²) in [5.74, 6) is -0.357. The molecule has 2 rings (SSSR count). The summed E-state index contributed by atoms with van der Waals surface area (Å²) in [6.07, 6.45) is -1.87. The van der Waals surface area contributed by atoms with Crippen LogP contribution >= 0.6 is 0 Å². The lowest BCUT2D eigenvalue weighted by molar-refractivity contribution is -0.162. The van der Waals surface area contributed by atoms with Crippen LogP contribution in [-0.2, 0) is 14.3 Å². The van der Waals surface area contributed by atoms with Gasteiger partial charge in [0, 0.05) is 19.7 Å². The van der Waals surface area contributed by atoms with Gasteiger partial charge in [-0.05, 0) is 32.1 Å². The van der Waals surface area contributed by atoms with Crippen LogP contribution in [0.2, 0.25) is 0 Å². The molecule has 0 aliphatic carbocycles. The van der Waals surface area contributed by atoms with Crippen LogP contribution < -0.4 is 5.32 Å². The molecule has 132 valence electrons. The maximum Gasteiger partial charge on any atom is 0.422 e. The highest BCUT2D eigenvalue weighted by molar-refractivity contribution is 5.86. The lowest BCUT2D eigenvalue weighted by atomic mass is 10.1. The first-order valence-corrected chi connectivity index (χ1v) is 7.76. The molecule has 2 aliphatic heterocycles. The fourth-order valence-electron chi connectivity index (χ4n) is 2.83. The van der Waals surface area contributed by atoms with Gasteiger partial charge >= 0.3 is 12.3 Å². The van der Waals surface area contributed by atoms with Crippen LogP contribution in [0.3, 0.4) is 0 Å². The van der Waals surface area contributed by atoms with Gasteiger partial charge in [-0.1, -0.05) is 0 Å². The van der Waals surface area contributed by atoms with E-state index in [1.54, 1.807) is 0 Å². The van der Waals surface area contributed by atoms with Gasteiger partial charge in [-0.15, -0.1) is 0 Å². The molecule has 0 radical (unpaired) electrons. The fraction of sp³-hybridized carbons (Fsp3) is 0.857. The summed E-state index contributed by atoms with van der Waals surface area (Å²) in [5.41, 5.74) is 0. The third-order valence-corrected chi connectivity index (χ3v) is 3.94. The van der Waals surface area contributed by atoms with E-state index in [0.717, 1.165) is 24.3 Å². The Kier molecular flexibility index (Phi) is 6.09. The fourth-order valence-corrected chi connectivity index (χ4v) is 2.83. The molecule has 0 aromatic rings. The van der Waals surface area contributed by atoms with Crippen LogP contribution in [0.15, 0.2) is 0 Å². The number of amides is 2. The summed E-state index contributed by atoms with van der Waals surface area (Å²) >= 11 is 0. The van der Waals surface area contributed by atoms with Crippen molar-refractivity contribution in [2.75, 3.05) is 26.3 Å². The molecule has 2 atom stereocenters. The topological polar surface area (TPSA) is 67.9 Å². The molecule has 9 heteroatoms. The molecule has 0 bridgehead atoms. The summed E-state index contributed by atoms with van der Waals surface area (Å²) in [6, 6.07) is -0.764. The van der Waals surface area contributed by atoms with Gasteiger partial charge < -0.3 is 14.8 Å². The summed E-state index contributed by atoms with van der Waals surface area (Å²) in [5, 5.41) is 2.72. The van der Waals surface area contributed by atoms with E-state index < -0.39 is 24.9 Å². The van der Waals surface area contributed by atoms with Crippen LogP contribution in [-0.4, -0.2) is 61.5 Å². The summed E-state index contributed by atoms with van der Waals surface area (Å²) in [4.78, 5) is 24.9. The van der Waals surface area contributed by atoms with Crippen molar-refractivity contribution in [3.05, 3.63) is 0 Å². The Labute approximate surface area is 132 Å². The Bertz CT molecular complexity index is 425. The minimum absolute atomic E-state index is 0.145. The predicted molar refractivity (Wildman–Crippen MR) is 73.7 cm³/mol. The Balaban J connectivity index is 1.75. The highest BCUT2D eigenvalue weighted by Crippen LogP contribution is 2.21. The summed E-state index contributed by atoms with van der Waals surface area (Å²) < 4.78 is 45.9. The van der Waals surface area contributed by atoms with Gasteiger partial charge in [0.2, 0.25) is 5.91 Å². The SMILES string of the molecule is O=C(NCC[C@@H]1CCCO1)[C@H]1CCCN1C(=O)OCC(F)(F)F. The number of hydrogen-bond acceptors (Lipinski definition) is 4. The van der Waals surface area contributed by atoms with Gasteiger partial charge in [0.1, 0.15) is 6.04 Å². The molecular weight excluding hydrogens is 317 g/mol. The third kappa shape index (κ3) is 5.56. The molecule has 23 heavy (non-hydrogen) atoms. The molecule has 2 aliphatic rings. The van der Waals surface area contributed by atoms with E-state index in [0.29, 0.717) is 25.8 Å². The van der Waals surface area contributed by atoms with Crippen molar-refractivity contribution < 1.29 is 32.2 Å². The molecule has 6 nitrogen and oxygen atoms in total. The van der Waals surface area contributed by atoms with Gasteiger partial charge in [0.15, 0.2) is 6.61 Å². The highest BCUT2D eigenvalue weighted by atomic mass is 19.4. The standard InChI is InChI=1S/C14H21F3N2O4/c15-14(16,17)9-23-13(21)19-7-1-4-11(19)12(20)18-6-5-10-3-2-8-22-10/h10-11H,1-9H2,(H,18,20)/t10-,11+/m0/s1. The van der Waals surface area contributed by atoms with E-state index in [4.69, 9.17) is 4.74 Å². The van der Waals surface area contributed by atoms with Gasteiger partial charge in [0.25, 0.3) is 0 Å². The molecule has 0 unspecified atom stereocenters. The number of carbonyl (C=O) groups is 2. The predicted octanol–water partition coefficient (Wildman–Crippen LogP) is 1.83. The molecule has 0 aromatic carbocycles. The van der Waals surface area contributed by atoms with Crippen molar-refractivity contribution in [2.45, 2.75) is 50.4 Å². The monoisotopic (exact) mass is 338 g/mol. The lowest BCUT2D eigenvalue weighted by Crippen LogP contribution is -2.47. The average Bonchev–Trinajstić information content (AvgIpc) is 3.14. The van der Waals surface area contributed by atoms with E-state index >= 15 is 0 Å². The van der Waals surface area contributed by atoms with Gasteiger partial charge in [-0.3, -0.25) is 9.69 Å². The van der Waals surface area contributed by atoms with Crippen LogP contribution in [0.4, 0.5) is 18.0 Å². The quantitative estimate of drug-likeness (QED) is 0.830. The number of likely N-dealkylation sites (tertiary alicyclic amines) is 1. The molecule has 0 aromatic heterocycles. The summed E-state index contributed by atoms with van der Waals surface area (Å²) in [7, 11) is 0. The van der Waals surface area contributed by atoms with E-state index in [1.807, 2.05) is 0 Å². The van der Waals surface area contributed by atoms with E-state index in [2.05, 4.69) is 10.1 Å². The maximum absolute atomic E-state index is 12.1. The molecular formula is C14H21F3N2O4. The third-order valence-electron chi connectivity index (χ3n) is 3.94. The van der Waals surface area contributed by atoms with Gasteiger partial charge in [-0.2, -0.15) is 13.2 Å². The molecule has 2 heterocycles.